The zero-order valence-electron chi connectivity index (χ0n) is 18.8. The summed E-state index contributed by atoms with van der Waals surface area (Å²) in [5, 5.41) is 9.40. The molecule has 1 heterocycles. The molecule has 6 heteroatoms. The zero-order chi connectivity index (χ0) is 23.0. The van der Waals surface area contributed by atoms with Crippen LogP contribution in [0.4, 0.5) is 11.4 Å². The number of hydrogen-bond donors (Lipinski definition) is 1. The average molecular weight is 448 g/mol. The molecule has 1 atom stereocenters. The van der Waals surface area contributed by atoms with Crippen LogP contribution in [-0.2, 0) is 16.0 Å². The number of ether oxygens (including phenoxy) is 3. The van der Waals surface area contributed by atoms with Crippen LogP contribution >= 0.6 is 0 Å². The molecule has 0 unspecified atom stereocenters. The number of para-hydroxylation sites is 4. The van der Waals surface area contributed by atoms with Crippen molar-refractivity contribution in [1.29, 1.82) is 0 Å². The first kappa shape index (κ1) is 22.7. The molecule has 172 valence electrons. The van der Waals surface area contributed by atoms with Crippen molar-refractivity contribution < 1.29 is 24.1 Å². The molecule has 1 N–H and O–H groups in total. The fourth-order valence-corrected chi connectivity index (χ4v) is 3.80. The van der Waals surface area contributed by atoms with Crippen molar-refractivity contribution in [1.82, 2.24) is 0 Å². The Labute approximate surface area is 194 Å². The standard InChI is InChI=1S/C27H29NO5/c1-2-3-17-32-26(27(29)30)19-20-12-14-21(15-13-20)31-18-16-28-22-8-4-6-10-24(22)33-25-11-7-5-9-23(25)28/h4-15,26H,2-3,16-19H2,1H3,(H,29,30)/t26-/m0/s1. The summed E-state index contributed by atoms with van der Waals surface area (Å²) < 4.78 is 17.5. The van der Waals surface area contributed by atoms with Crippen molar-refractivity contribution in [2.24, 2.45) is 0 Å². The van der Waals surface area contributed by atoms with Crippen LogP contribution in [0.15, 0.2) is 72.8 Å². The third-order valence-electron chi connectivity index (χ3n) is 5.55. The van der Waals surface area contributed by atoms with E-state index in [2.05, 4.69) is 11.8 Å². The topological polar surface area (TPSA) is 68.2 Å². The van der Waals surface area contributed by atoms with E-state index in [9.17, 15) is 9.90 Å². The minimum Gasteiger partial charge on any atom is -0.492 e. The lowest BCUT2D eigenvalue weighted by molar-refractivity contribution is -0.150. The highest BCUT2D eigenvalue weighted by Gasteiger charge is 2.23. The number of rotatable bonds is 11. The molecule has 6 nitrogen and oxygen atoms in total. The Morgan fingerprint density at radius 1 is 0.939 bits per heavy atom. The smallest absolute Gasteiger partial charge is 0.333 e. The van der Waals surface area contributed by atoms with Crippen LogP contribution in [0.5, 0.6) is 17.2 Å². The normalized spacial score (nSPS) is 12.9. The predicted octanol–water partition coefficient (Wildman–Crippen LogP) is 5.82. The molecule has 0 fully saturated rings. The Morgan fingerprint density at radius 2 is 1.58 bits per heavy atom. The Bertz CT molecular complexity index is 1020. The van der Waals surface area contributed by atoms with Gasteiger partial charge < -0.3 is 24.2 Å². The molecule has 33 heavy (non-hydrogen) atoms. The molecule has 1 aliphatic rings. The van der Waals surface area contributed by atoms with Crippen LogP contribution in [0.25, 0.3) is 0 Å². The molecule has 0 bridgehead atoms. The first-order chi connectivity index (χ1) is 16.2. The van der Waals surface area contributed by atoms with Gasteiger partial charge in [0.25, 0.3) is 0 Å². The number of anilines is 2. The third-order valence-corrected chi connectivity index (χ3v) is 5.55. The van der Waals surface area contributed by atoms with Crippen LogP contribution in [0.1, 0.15) is 25.3 Å². The van der Waals surface area contributed by atoms with Gasteiger partial charge in [-0.3, -0.25) is 0 Å². The minimum absolute atomic E-state index is 0.334. The van der Waals surface area contributed by atoms with Gasteiger partial charge in [-0.2, -0.15) is 0 Å². The molecule has 0 amide bonds. The molecule has 3 aromatic rings. The van der Waals surface area contributed by atoms with Gasteiger partial charge in [0.15, 0.2) is 17.6 Å². The second-order valence-electron chi connectivity index (χ2n) is 7.94. The summed E-state index contributed by atoms with van der Waals surface area (Å²) in [6.07, 6.45) is 1.33. The quantitative estimate of drug-likeness (QED) is 0.374. The molecule has 0 spiro atoms. The Morgan fingerprint density at radius 3 is 2.18 bits per heavy atom. The van der Waals surface area contributed by atoms with Crippen molar-refractivity contribution in [3.8, 4) is 17.2 Å². The summed E-state index contributed by atoms with van der Waals surface area (Å²) in [6, 6.07) is 23.5. The van der Waals surface area contributed by atoms with Gasteiger partial charge in [0.05, 0.1) is 17.9 Å². The number of hydrogen-bond acceptors (Lipinski definition) is 5. The van der Waals surface area contributed by atoms with Gasteiger partial charge in [0, 0.05) is 13.0 Å². The average Bonchev–Trinajstić information content (AvgIpc) is 2.84. The highest BCUT2D eigenvalue weighted by molar-refractivity contribution is 5.77. The van der Waals surface area contributed by atoms with E-state index in [4.69, 9.17) is 14.2 Å². The number of benzene rings is 3. The van der Waals surface area contributed by atoms with E-state index in [1.165, 1.54) is 0 Å². The fraction of sp³-hybridized carbons (Fsp3) is 0.296. The van der Waals surface area contributed by atoms with E-state index in [0.717, 1.165) is 47.0 Å². The van der Waals surface area contributed by atoms with Crippen molar-refractivity contribution in [3.63, 3.8) is 0 Å². The molecule has 0 aliphatic carbocycles. The van der Waals surface area contributed by atoms with E-state index in [0.29, 0.717) is 26.2 Å². The van der Waals surface area contributed by atoms with Crippen LogP contribution in [-0.4, -0.2) is 36.9 Å². The highest BCUT2D eigenvalue weighted by Crippen LogP contribution is 2.45. The summed E-state index contributed by atoms with van der Waals surface area (Å²) in [4.78, 5) is 13.7. The van der Waals surface area contributed by atoms with E-state index in [1.54, 1.807) is 0 Å². The molecule has 1 aliphatic heterocycles. The molecule has 3 aromatic carbocycles. The molecular formula is C27H29NO5. The maximum Gasteiger partial charge on any atom is 0.333 e. The van der Waals surface area contributed by atoms with Crippen molar-refractivity contribution in [3.05, 3.63) is 78.4 Å². The fourth-order valence-electron chi connectivity index (χ4n) is 3.80. The lowest BCUT2D eigenvalue weighted by atomic mass is 10.1. The second-order valence-corrected chi connectivity index (χ2v) is 7.94. The molecule has 0 saturated carbocycles. The largest absolute Gasteiger partial charge is 0.492 e. The molecular weight excluding hydrogens is 418 g/mol. The highest BCUT2D eigenvalue weighted by atomic mass is 16.5. The van der Waals surface area contributed by atoms with E-state index in [-0.39, 0.29) is 0 Å². The number of aliphatic carboxylic acids is 1. The number of carboxylic acids is 1. The Hall–Kier alpha value is -3.51. The van der Waals surface area contributed by atoms with Crippen LogP contribution in [0, 0.1) is 0 Å². The predicted molar refractivity (Wildman–Crippen MR) is 128 cm³/mol. The summed E-state index contributed by atoms with van der Waals surface area (Å²) in [6.45, 7) is 3.66. The number of carboxylic acid groups (broad SMARTS) is 1. The van der Waals surface area contributed by atoms with E-state index < -0.39 is 12.1 Å². The van der Waals surface area contributed by atoms with Crippen molar-refractivity contribution >= 4 is 17.3 Å². The lowest BCUT2D eigenvalue weighted by Gasteiger charge is -2.32. The van der Waals surface area contributed by atoms with Gasteiger partial charge >= 0.3 is 5.97 Å². The number of carbonyl (C=O) groups is 1. The zero-order valence-corrected chi connectivity index (χ0v) is 18.8. The van der Waals surface area contributed by atoms with Gasteiger partial charge in [-0.15, -0.1) is 0 Å². The van der Waals surface area contributed by atoms with E-state index in [1.807, 2.05) is 72.8 Å². The second kappa shape index (κ2) is 10.9. The van der Waals surface area contributed by atoms with Gasteiger partial charge in [-0.05, 0) is 48.4 Å². The van der Waals surface area contributed by atoms with Crippen LogP contribution < -0.4 is 14.4 Å². The number of nitrogens with zero attached hydrogens (tertiary/aromatic N) is 1. The van der Waals surface area contributed by atoms with Crippen molar-refractivity contribution in [2.75, 3.05) is 24.7 Å². The molecule has 0 saturated heterocycles. The maximum absolute atomic E-state index is 11.5. The summed E-state index contributed by atoms with van der Waals surface area (Å²) in [5.74, 6) is 1.47. The minimum atomic E-state index is -0.933. The number of fused-ring (bicyclic) bond motifs is 2. The molecule has 0 radical (unpaired) electrons. The summed E-state index contributed by atoms with van der Waals surface area (Å²) in [5.41, 5.74) is 2.93. The Balaban J connectivity index is 1.36. The summed E-state index contributed by atoms with van der Waals surface area (Å²) >= 11 is 0. The van der Waals surface area contributed by atoms with E-state index >= 15 is 0 Å². The van der Waals surface area contributed by atoms with Crippen LogP contribution in [0.3, 0.4) is 0 Å². The van der Waals surface area contributed by atoms with Gasteiger partial charge in [-0.1, -0.05) is 49.7 Å². The first-order valence-corrected chi connectivity index (χ1v) is 11.4. The first-order valence-electron chi connectivity index (χ1n) is 11.4. The Kier molecular flexibility index (Phi) is 7.47. The van der Waals surface area contributed by atoms with Gasteiger partial charge in [-0.25, -0.2) is 4.79 Å². The SMILES string of the molecule is CCCCO[C@@H](Cc1ccc(OCCN2c3ccccc3Oc3ccccc32)cc1)C(=O)O. The maximum atomic E-state index is 11.5. The van der Waals surface area contributed by atoms with Gasteiger partial charge in [0.2, 0.25) is 0 Å². The monoisotopic (exact) mass is 447 g/mol. The third kappa shape index (κ3) is 5.65. The van der Waals surface area contributed by atoms with Gasteiger partial charge in [0.1, 0.15) is 12.4 Å². The number of unbranched alkanes of at least 4 members (excludes halogenated alkanes) is 1. The molecule has 4 rings (SSSR count). The lowest BCUT2D eigenvalue weighted by Crippen LogP contribution is -2.27. The van der Waals surface area contributed by atoms with Crippen molar-refractivity contribution in [2.45, 2.75) is 32.3 Å². The van der Waals surface area contributed by atoms with Crippen LogP contribution in [0.2, 0.25) is 0 Å². The summed E-state index contributed by atoms with van der Waals surface area (Å²) in [7, 11) is 0. The molecule has 0 aromatic heterocycles.